The van der Waals surface area contributed by atoms with Gasteiger partial charge in [-0.3, -0.25) is 9.69 Å². The van der Waals surface area contributed by atoms with Gasteiger partial charge in [-0.25, -0.2) is 0 Å². The zero-order chi connectivity index (χ0) is 10.6. The summed E-state index contributed by atoms with van der Waals surface area (Å²) in [5, 5.41) is 2.68. The Kier molecular flexibility index (Phi) is 4.35. The average Bonchev–Trinajstić information content (AvgIpc) is 2.27. The van der Waals surface area contributed by atoms with Gasteiger partial charge in [0.2, 0.25) is 5.91 Å². The van der Waals surface area contributed by atoms with Gasteiger partial charge in [0.05, 0.1) is 6.04 Å². The van der Waals surface area contributed by atoms with Gasteiger partial charge in [-0.05, 0) is 38.8 Å². The Balaban J connectivity index is 2.46. The van der Waals surface area contributed by atoms with Crippen LogP contribution in [0.2, 0.25) is 0 Å². The van der Waals surface area contributed by atoms with Gasteiger partial charge in [0.25, 0.3) is 0 Å². The Morgan fingerprint density at radius 1 is 1.71 bits per heavy atom. The number of piperidine rings is 1. The van der Waals surface area contributed by atoms with Gasteiger partial charge in [-0.2, -0.15) is 0 Å². The fourth-order valence-electron chi connectivity index (χ4n) is 2.02. The highest BCUT2D eigenvalue weighted by molar-refractivity contribution is 5.80. The number of carbonyl (C=O) groups excluding carboxylic acids is 1. The van der Waals surface area contributed by atoms with Crippen molar-refractivity contribution in [2.24, 2.45) is 11.7 Å². The van der Waals surface area contributed by atoms with Crippen LogP contribution in [0.25, 0.3) is 0 Å². The van der Waals surface area contributed by atoms with Gasteiger partial charge in [-0.15, -0.1) is 0 Å². The van der Waals surface area contributed by atoms with Gasteiger partial charge in [-0.1, -0.05) is 0 Å². The minimum absolute atomic E-state index is 0.0191. The molecule has 2 atom stereocenters. The smallest absolute Gasteiger partial charge is 0.236 e. The van der Waals surface area contributed by atoms with Crippen molar-refractivity contribution < 1.29 is 4.79 Å². The predicted molar refractivity (Wildman–Crippen MR) is 56.9 cm³/mol. The van der Waals surface area contributed by atoms with Crippen LogP contribution in [0.4, 0.5) is 0 Å². The number of hydrogen-bond acceptors (Lipinski definition) is 3. The third-order valence-corrected chi connectivity index (χ3v) is 3.06. The van der Waals surface area contributed by atoms with Crippen LogP contribution in [-0.4, -0.2) is 43.5 Å². The van der Waals surface area contributed by atoms with E-state index in [0.717, 1.165) is 26.1 Å². The van der Waals surface area contributed by atoms with E-state index in [-0.39, 0.29) is 11.9 Å². The van der Waals surface area contributed by atoms with Crippen LogP contribution >= 0.6 is 0 Å². The summed E-state index contributed by atoms with van der Waals surface area (Å²) in [5.41, 5.74) is 5.65. The fourth-order valence-corrected chi connectivity index (χ4v) is 2.02. The molecule has 0 radical (unpaired) electrons. The second-order valence-corrected chi connectivity index (χ2v) is 4.03. The number of likely N-dealkylation sites (tertiary alicyclic amines) is 1. The fraction of sp³-hybridized carbons (Fsp3) is 0.900. The van der Waals surface area contributed by atoms with E-state index < -0.39 is 0 Å². The summed E-state index contributed by atoms with van der Waals surface area (Å²) in [6.07, 6.45) is 2.36. The highest BCUT2D eigenvalue weighted by atomic mass is 16.2. The predicted octanol–water partition coefficient (Wildman–Crippen LogP) is -0.208. The second kappa shape index (κ2) is 5.32. The van der Waals surface area contributed by atoms with Crippen LogP contribution in [0.3, 0.4) is 0 Å². The lowest BCUT2D eigenvalue weighted by atomic mass is 9.97. The molecular formula is C10H21N3O. The normalized spacial score (nSPS) is 25.8. The Hall–Kier alpha value is -0.610. The first-order valence-corrected chi connectivity index (χ1v) is 5.34. The van der Waals surface area contributed by atoms with Gasteiger partial charge in [0.1, 0.15) is 0 Å². The third-order valence-electron chi connectivity index (χ3n) is 3.06. The van der Waals surface area contributed by atoms with Crippen molar-refractivity contribution >= 4 is 5.91 Å². The molecule has 1 aliphatic rings. The van der Waals surface area contributed by atoms with Crippen LogP contribution in [0.15, 0.2) is 0 Å². The quantitative estimate of drug-likeness (QED) is 0.661. The van der Waals surface area contributed by atoms with E-state index in [9.17, 15) is 4.79 Å². The third kappa shape index (κ3) is 2.69. The largest absolute Gasteiger partial charge is 0.358 e. The molecule has 1 heterocycles. The summed E-state index contributed by atoms with van der Waals surface area (Å²) >= 11 is 0. The molecule has 0 saturated carbocycles. The number of carbonyl (C=O) groups is 1. The van der Waals surface area contributed by atoms with Crippen molar-refractivity contribution in [3.8, 4) is 0 Å². The van der Waals surface area contributed by atoms with Gasteiger partial charge >= 0.3 is 0 Å². The number of hydrogen-bond donors (Lipinski definition) is 2. The van der Waals surface area contributed by atoms with Gasteiger partial charge in [0.15, 0.2) is 0 Å². The molecule has 14 heavy (non-hydrogen) atoms. The summed E-state index contributed by atoms with van der Waals surface area (Å²) in [6.45, 7) is 4.67. The van der Waals surface area contributed by atoms with E-state index in [0.29, 0.717) is 5.92 Å². The first-order chi connectivity index (χ1) is 6.69. The molecule has 4 heteroatoms. The molecule has 0 aromatic rings. The van der Waals surface area contributed by atoms with E-state index in [2.05, 4.69) is 10.2 Å². The topological polar surface area (TPSA) is 58.4 Å². The summed E-state index contributed by atoms with van der Waals surface area (Å²) in [5.74, 6) is 0.665. The number of amides is 1. The number of nitrogens with one attached hydrogen (secondary N) is 1. The number of rotatable bonds is 3. The van der Waals surface area contributed by atoms with Crippen LogP contribution in [0.1, 0.15) is 19.8 Å². The first-order valence-electron chi connectivity index (χ1n) is 5.34. The summed E-state index contributed by atoms with van der Waals surface area (Å²) in [6, 6.07) is -0.0191. The molecule has 1 saturated heterocycles. The van der Waals surface area contributed by atoms with E-state index in [1.165, 1.54) is 6.42 Å². The molecule has 82 valence electrons. The van der Waals surface area contributed by atoms with Crippen molar-refractivity contribution in [2.45, 2.75) is 25.8 Å². The lowest BCUT2D eigenvalue weighted by Crippen LogP contribution is -2.49. The van der Waals surface area contributed by atoms with Crippen molar-refractivity contribution in [1.29, 1.82) is 0 Å². The lowest BCUT2D eigenvalue weighted by molar-refractivity contribution is -0.126. The highest BCUT2D eigenvalue weighted by Gasteiger charge is 2.25. The van der Waals surface area contributed by atoms with Crippen LogP contribution in [0, 0.1) is 5.92 Å². The zero-order valence-corrected chi connectivity index (χ0v) is 9.12. The maximum atomic E-state index is 11.4. The molecule has 1 fully saturated rings. The first kappa shape index (κ1) is 11.5. The maximum Gasteiger partial charge on any atom is 0.236 e. The summed E-state index contributed by atoms with van der Waals surface area (Å²) < 4.78 is 0. The van der Waals surface area contributed by atoms with E-state index >= 15 is 0 Å². The SMILES string of the molecule is CNC(=O)C(C)N1CCCC(CN)C1. The molecule has 1 aliphatic heterocycles. The van der Waals surface area contributed by atoms with Gasteiger partial charge < -0.3 is 11.1 Å². The van der Waals surface area contributed by atoms with E-state index in [1.54, 1.807) is 7.05 Å². The summed E-state index contributed by atoms with van der Waals surface area (Å²) in [7, 11) is 1.68. The minimum atomic E-state index is -0.0191. The maximum absolute atomic E-state index is 11.4. The Bertz CT molecular complexity index is 196. The second-order valence-electron chi connectivity index (χ2n) is 4.03. The molecule has 1 amide bonds. The number of likely N-dealkylation sites (N-methyl/N-ethyl adjacent to an activating group) is 1. The molecule has 4 nitrogen and oxygen atoms in total. The average molecular weight is 199 g/mol. The molecule has 2 unspecified atom stereocenters. The standard InChI is InChI=1S/C10H21N3O/c1-8(10(14)12-2)13-5-3-4-9(6-11)7-13/h8-9H,3-7,11H2,1-2H3,(H,12,14). The lowest BCUT2D eigenvalue weighted by Gasteiger charge is -2.35. The van der Waals surface area contributed by atoms with E-state index in [4.69, 9.17) is 5.73 Å². The van der Waals surface area contributed by atoms with Crippen LogP contribution in [-0.2, 0) is 4.79 Å². The molecule has 0 spiro atoms. The minimum Gasteiger partial charge on any atom is -0.358 e. The monoisotopic (exact) mass is 199 g/mol. The molecule has 0 bridgehead atoms. The Morgan fingerprint density at radius 3 is 3.00 bits per heavy atom. The van der Waals surface area contributed by atoms with Crippen LogP contribution < -0.4 is 11.1 Å². The zero-order valence-electron chi connectivity index (χ0n) is 9.12. The summed E-state index contributed by atoms with van der Waals surface area (Å²) in [4.78, 5) is 13.6. The number of nitrogens with zero attached hydrogens (tertiary/aromatic N) is 1. The molecule has 0 aromatic heterocycles. The Labute approximate surface area is 85.8 Å². The van der Waals surface area contributed by atoms with E-state index in [1.807, 2.05) is 6.92 Å². The molecule has 0 aliphatic carbocycles. The molecular weight excluding hydrogens is 178 g/mol. The van der Waals surface area contributed by atoms with Gasteiger partial charge in [0, 0.05) is 13.6 Å². The Morgan fingerprint density at radius 2 is 2.43 bits per heavy atom. The molecule has 3 N–H and O–H groups in total. The highest BCUT2D eigenvalue weighted by Crippen LogP contribution is 2.17. The molecule has 0 aromatic carbocycles. The van der Waals surface area contributed by atoms with Crippen molar-refractivity contribution in [3.05, 3.63) is 0 Å². The molecule has 1 rings (SSSR count). The number of nitrogens with two attached hydrogens (primary N) is 1. The van der Waals surface area contributed by atoms with Crippen molar-refractivity contribution in [3.63, 3.8) is 0 Å². The van der Waals surface area contributed by atoms with Crippen molar-refractivity contribution in [1.82, 2.24) is 10.2 Å². The van der Waals surface area contributed by atoms with Crippen LogP contribution in [0.5, 0.6) is 0 Å². The van der Waals surface area contributed by atoms with Crippen molar-refractivity contribution in [2.75, 3.05) is 26.7 Å².